The van der Waals surface area contributed by atoms with Gasteiger partial charge in [-0.1, -0.05) is 18.2 Å². The maximum atomic E-state index is 10.7. The SMILES string of the molecule is CNc1nc(NCc2ccc([N+](=O)[O-])cc2)cc(-c2ccccn2)n1. The first-order valence-electron chi connectivity index (χ1n) is 7.61. The summed E-state index contributed by atoms with van der Waals surface area (Å²) >= 11 is 0. The Labute approximate surface area is 144 Å². The molecule has 0 aliphatic carbocycles. The van der Waals surface area contributed by atoms with Gasteiger partial charge in [-0.25, -0.2) is 4.98 Å². The van der Waals surface area contributed by atoms with E-state index in [1.54, 1.807) is 25.4 Å². The van der Waals surface area contributed by atoms with Gasteiger partial charge in [-0.3, -0.25) is 15.1 Å². The summed E-state index contributed by atoms with van der Waals surface area (Å²) in [6, 6.07) is 13.8. The van der Waals surface area contributed by atoms with Crippen molar-refractivity contribution >= 4 is 17.5 Å². The Morgan fingerprint density at radius 3 is 2.52 bits per heavy atom. The lowest BCUT2D eigenvalue weighted by Gasteiger charge is -2.09. The molecule has 0 fully saturated rings. The van der Waals surface area contributed by atoms with Gasteiger partial charge in [0.1, 0.15) is 5.82 Å². The Hall–Kier alpha value is -3.55. The Balaban J connectivity index is 1.79. The number of nitro groups is 1. The fraction of sp³-hybridized carbons (Fsp3) is 0.118. The van der Waals surface area contributed by atoms with Gasteiger partial charge in [-0.05, 0) is 17.7 Å². The third kappa shape index (κ3) is 4.05. The second-order valence-corrected chi connectivity index (χ2v) is 5.20. The number of pyridine rings is 1. The Morgan fingerprint density at radius 1 is 1.08 bits per heavy atom. The first-order valence-corrected chi connectivity index (χ1v) is 7.61. The molecule has 0 aliphatic heterocycles. The van der Waals surface area contributed by atoms with Gasteiger partial charge in [0, 0.05) is 38.0 Å². The molecule has 8 heteroatoms. The van der Waals surface area contributed by atoms with E-state index in [0.29, 0.717) is 24.0 Å². The van der Waals surface area contributed by atoms with E-state index in [-0.39, 0.29) is 5.69 Å². The van der Waals surface area contributed by atoms with Gasteiger partial charge in [0.15, 0.2) is 0 Å². The maximum Gasteiger partial charge on any atom is 0.269 e. The molecule has 2 heterocycles. The van der Waals surface area contributed by atoms with Crippen molar-refractivity contribution in [1.82, 2.24) is 15.0 Å². The first kappa shape index (κ1) is 16.3. The molecule has 25 heavy (non-hydrogen) atoms. The van der Waals surface area contributed by atoms with E-state index >= 15 is 0 Å². The third-order valence-corrected chi connectivity index (χ3v) is 3.50. The monoisotopic (exact) mass is 336 g/mol. The highest BCUT2D eigenvalue weighted by Gasteiger charge is 2.08. The summed E-state index contributed by atoms with van der Waals surface area (Å²) in [7, 11) is 1.75. The number of non-ortho nitro benzene ring substituents is 1. The lowest BCUT2D eigenvalue weighted by atomic mass is 10.2. The van der Waals surface area contributed by atoms with Crippen LogP contribution in [-0.2, 0) is 6.54 Å². The third-order valence-electron chi connectivity index (χ3n) is 3.50. The number of nitro benzene ring substituents is 1. The minimum Gasteiger partial charge on any atom is -0.366 e. The van der Waals surface area contributed by atoms with Gasteiger partial charge in [0.25, 0.3) is 5.69 Å². The molecular weight excluding hydrogens is 320 g/mol. The molecule has 0 aliphatic rings. The van der Waals surface area contributed by atoms with E-state index in [1.807, 2.05) is 24.3 Å². The molecule has 126 valence electrons. The maximum absolute atomic E-state index is 10.7. The van der Waals surface area contributed by atoms with Gasteiger partial charge in [-0.2, -0.15) is 4.98 Å². The van der Waals surface area contributed by atoms with Crippen molar-refractivity contribution in [2.75, 3.05) is 17.7 Å². The molecule has 2 aromatic heterocycles. The van der Waals surface area contributed by atoms with Crippen LogP contribution in [0, 0.1) is 10.1 Å². The van der Waals surface area contributed by atoms with E-state index in [0.717, 1.165) is 11.3 Å². The zero-order valence-corrected chi connectivity index (χ0v) is 13.5. The first-order chi connectivity index (χ1) is 12.2. The molecule has 8 nitrogen and oxygen atoms in total. The van der Waals surface area contributed by atoms with E-state index in [1.165, 1.54) is 12.1 Å². The van der Waals surface area contributed by atoms with Crippen molar-refractivity contribution in [2.24, 2.45) is 0 Å². The Kier molecular flexibility index (Phi) is 4.79. The predicted molar refractivity (Wildman–Crippen MR) is 95.2 cm³/mol. The number of nitrogens with zero attached hydrogens (tertiary/aromatic N) is 4. The van der Waals surface area contributed by atoms with Crippen molar-refractivity contribution in [3.8, 4) is 11.4 Å². The molecule has 0 saturated carbocycles. The molecule has 2 N–H and O–H groups in total. The van der Waals surface area contributed by atoms with Crippen LogP contribution in [0.5, 0.6) is 0 Å². The highest BCUT2D eigenvalue weighted by atomic mass is 16.6. The second-order valence-electron chi connectivity index (χ2n) is 5.20. The molecule has 0 atom stereocenters. The molecule has 1 aromatic carbocycles. The molecule has 0 spiro atoms. The Morgan fingerprint density at radius 2 is 1.88 bits per heavy atom. The summed E-state index contributed by atoms with van der Waals surface area (Å²) < 4.78 is 0. The summed E-state index contributed by atoms with van der Waals surface area (Å²) in [6.45, 7) is 0.486. The van der Waals surface area contributed by atoms with Gasteiger partial charge in [0.05, 0.1) is 16.3 Å². The molecule has 0 bridgehead atoms. The molecule has 0 amide bonds. The highest BCUT2D eigenvalue weighted by molar-refractivity contribution is 5.60. The van der Waals surface area contributed by atoms with Gasteiger partial charge >= 0.3 is 0 Å². The van der Waals surface area contributed by atoms with Crippen molar-refractivity contribution in [3.63, 3.8) is 0 Å². The van der Waals surface area contributed by atoms with Crippen LogP contribution in [0.15, 0.2) is 54.7 Å². The number of hydrogen-bond donors (Lipinski definition) is 2. The summed E-state index contributed by atoms with van der Waals surface area (Å²) in [5.74, 6) is 1.12. The van der Waals surface area contributed by atoms with Crippen molar-refractivity contribution in [1.29, 1.82) is 0 Å². The smallest absolute Gasteiger partial charge is 0.269 e. The fourth-order valence-electron chi connectivity index (χ4n) is 2.22. The van der Waals surface area contributed by atoms with Crippen LogP contribution in [0.1, 0.15) is 5.56 Å². The number of rotatable bonds is 6. The van der Waals surface area contributed by atoms with E-state index in [2.05, 4.69) is 25.6 Å². The fourth-order valence-corrected chi connectivity index (χ4v) is 2.22. The van der Waals surface area contributed by atoms with Crippen LogP contribution in [0.4, 0.5) is 17.5 Å². The van der Waals surface area contributed by atoms with Crippen molar-refractivity contribution < 1.29 is 4.92 Å². The molecular formula is C17H16N6O2. The van der Waals surface area contributed by atoms with Crippen molar-refractivity contribution in [3.05, 3.63) is 70.4 Å². The van der Waals surface area contributed by atoms with E-state index in [4.69, 9.17) is 0 Å². The topological polar surface area (TPSA) is 106 Å². The van der Waals surface area contributed by atoms with E-state index < -0.39 is 4.92 Å². The minimum atomic E-state index is -0.417. The summed E-state index contributed by atoms with van der Waals surface area (Å²) in [5, 5.41) is 16.8. The quantitative estimate of drug-likeness (QED) is 0.526. The second kappa shape index (κ2) is 7.35. The number of anilines is 2. The van der Waals surface area contributed by atoms with Crippen LogP contribution in [0.25, 0.3) is 11.4 Å². The van der Waals surface area contributed by atoms with Crippen LogP contribution >= 0.6 is 0 Å². The number of aromatic nitrogens is 3. The van der Waals surface area contributed by atoms with E-state index in [9.17, 15) is 10.1 Å². The van der Waals surface area contributed by atoms with Crippen LogP contribution in [0.2, 0.25) is 0 Å². The normalized spacial score (nSPS) is 10.3. The lowest BCUT2D eigenvalue weighted by molar-refractivity contribution is -0.384. The van der Waals surface area contributed by atoms with Gasteiger partial charge in [-0.15, -0.1) is 0 Å². The molecule has 0 radical (unpaired) electrons. The van der Waals surface area contributed by atoms with Gasteiger partial charge < -0.3 is 10.6 Å². The number of hydrogen-bond acceptors (Lipinski definition) is 7. The zero-order valence-electron chi connectivity index (χ0n) is 13.5. The summed E-state index contributed by atoms with van der Waals surface area (Å²) in [6.07, 6.45) is 1.71. The lowest BCUT2D eigenvalue weighted by Crippen LogP contribution is -2.06. The van der Waals surface area contributed by atoms with Crippen LogP contribution in [-0.4, -0.2) is 26.9 Å². The largest absolute Gasteiger partial charge is 0.366 e. The molecule has 3 rings (SSSR count). The summed E-state index contributed by atoms with van der Waals surface area (Å²) in [4.78, 5) is 23.4. The van der Waals surface area contributed by atoms with Gasteiger partial charge in [0.2, 0.25) is 5.95 Å². The average Bonchev–Trinajstić information content (AvgIpc) is 2.67. The molecule has 0 saturated heterocycles. The zero-order chi connectivity index (χ0) is 17.6. The van der Waals surface area contributed by atoms with Crippen LogP contribution < -0.4 is 10.6 Å². The Bertz CT molecular complexity index is 868. The van der Waals surface area contributed by atoms with Crippen LogP contribution in [0.3, 0.4) is 0 Å². The standard InChI is InChI=1S/C17H16N6O2/c1-18-17-21-15(14-4-2-3-9-19-14)10-16(22-17)20-11-12-5-7-13(8-6-12)23(24)25/h2-10H,11H2,1H3,(H2,18,20,21,22). The summed E-state index contributed by atoms with van der Waals surface area (Å²) in [5.41, 5.74) is 2.43. The minimum absolute atomic E-state index is 0.0701. The molecule has 0 unspecified atom stereocenters. The number of benzene rings is 1. The molecule has 3 aromatic rings. The highest BCUT2D eigenvalue weighted by Crippen LogP contribution is 2.20. The predicted octanol–water partition coefficient (Wildman–Crippen LogP) is 3.10. The van der Waals surface area contributed by atoms with Crippen molar-refractivity contribution in [2.45, 2.75) is 6.54 Å². The number of nitrogens with one attached hydrogen (secondary N) is 2. The average molecular weight is 336 g/mol.